The predicted octanol–water partition coefficient (Wildman–Crippen LogP) is 2.11. The Bertz CT molecular complexity index is 514. The number of halogens is 1. The molecule has 0 radical (unpaired) electrons. The van der Waals surface area contributed by atoms with Crippen LogP contribution in [0.2, 0.25) is 0 Å². The highest BCUT2D eigenvalue weighted by Crippen LogP contribution is 2.36. The molecule has 2 N–H and O–H groups in total. The summed E-state index contributed by atoms with van der Waals surface area (Å²) in [6, 6.07) is 8.21. The minimum absolute atomic E-state index is 0. The van der Waals surface area contributed by atoms with Crippen LogP contribution < -0.4 is 5.32 Å². The van der Waals surface area contributed by atoms with Crippen molar-refractivity contribution in [1.82, 2.24) is 10.2 Å². The summed E-state index contributed by atoms with van der Waals surface area (Å²) in [7, 11) is 1.81. The first-order chi connectivity index (χ1) is 9.73. The van der Waals surface area contributed by atoms with Crippen LogP contribution in [-0.4, -0.2) is 42.6 Å². The molecule has 1 aromatic carbocycles. The van der Waals surface area contributed by atoms with E-state index in [2.05, 4.69) is 21.3 Å². The summed E-state index contributed by atoms with van der Waals surface area (Å²) in [5.41, 5.74) is 1.59. The smallest absolute Gasteiger partial charge is 0.193 e. The number of nitrogens with one attached hydrogen (secondary N) is 1. The lowest BCUT2D eigenvalue weighted by atomic mass is 9.96. The molecule has 1 aromatic rings. The summed E-state index contributed by atoms with van der Waals surface area (Å²) < 4.78 is 0. The van der Waals surface area contributed by atoms with Crippen LogP contribution in [0.1, 0.15) is 30.4 Å². The Kier molecular flexibility index (Phi) is 5.48. The SMILES string of the molecule is CN=C(NCC1(O)CCc2ccccc21)N1CCCC1.I. The van der Waals surface area contributed by atoms with Gasteiger partial charge < -0.3 is 15.3 Å². The maximum Gasteiger partial charge on any atom is 0.193 e. The van der Waals surface area contributed by atoms with E-state index in [9.17, 15) is 5.11 Å². The number of aliphatic imine (C=N–C) groups is 1. The molecular weight excluding hydrogens is 377 g/mol. The Morgan fingerprint density at radius 2 is 2.05 bits per heavy atom. The lowest BCUT2D eigenvalue weighted by Gasteiger charge is -2.28. The number of hydrogen-bond donors (Lipinski definition) is 2. The monoisotopic (exact) mass is 401 g/mol. The molecule has 1 aliphatic heterocycles. The molecule has 2 aliphatic rings. The van der Waals surface area contributed by atoms with Crippen molar-refractivity contribution in [2.24, 2.45) is 4.99 Å². The van der Waals surface area contributed by atoms with Crippen molar-refractivity contribution in [3.8, 4) is 0 Å². The van der Waals surface area contributed by atoms with Crippen molar-refractivity contribution in [2.45, 2.75) is 31.3 Å². The molecule has 1 fully saturated rings. The molecular formula is C16H24IN3O. The van der Waals surface area contributed by atoms with Gasteiger partial charge in [-0.1, -0.05) is 24.3 Å². The number of aliphatic hydroxyl groups is 1. The van der Waals surface area contributed by atoms with E-state index in [0.29, 0.717) is 6.54 Å². The van der Waals surface area contributed by atoms with Crippen LogP contribution in [0.5, 0.6) is 0 Å². The molecule has 1 aliphatic carbocycles. The molecule has 0 amide bonds. The van der Waals surface area contributed by atoms with Crippen molar-refractivity contribution in [2.75, 3.05) is 26.7 Å². The first-order valence-electron chi connectivity index (χ1n) is 7.49. The normalized spacial score (nSPS) is 24.7. The van der Waals surface area contributed by atoms with Gasteiger partial charge in [0, 0.05) is 20.1 Å². The second-order valence-corrected chi connectivity index (χ2v) is 5.78. The zero-order valence-corrected chi connectivity index (χ0v) is 14.8. The third-order valence-electron chi connectivity index (χ3n) is 4.48. The van der Waals surface area contributed by atoms with Crippen LogP contribution in [0, 0.1) is 0 Å². The molecule has 5 heteroatoms. The minimum Gasteiger partial charge on any atom is -0.383 e. The van der Waals surface area contributed by atoms with Crippen LogP contribution in [0.15, 0.2) is 29.3 Å². The van der Waals surface area contributed by atoms with Crippen molar-refractivity contribution in [1.29, 1.82) is 0 Å². The van der Waals surface area contributed by atoms with E-state index in [1.807, 2.05) is 25.2 Å². The second kappa shape index (κ2) is 6.96. The lowest BCUT2D eigenvalue weighted by Crippen LogP contribution is -2.46. The van der Waals surface area contributed by atoms with Crippen LogP contribution in [0.3, 0.4) is 0 Å². The summed E-state index contributed by atoms with van der Waals surface area (Å²) in [5, 5.41) is 14.3. The number of fused-ring (bicyclic) bond motifs is 1. The van der Waals surface area contributed by atoms with Crippen molar-refractivity contribution >= 4 is 29.9 Å². The number of nitrogens with zero attached hydrogens (tertiary/aromatic N) is 2. The molecule has 0 bridgehead atoms. The molecule has 0 spiro atoms. The zero-order valence-electron chi connectivity index (χ0n) is 12.5. The Hall–Kier alpha value is -0.820. The molecule has 3 rings (SSSR count). The quantitative estimate of drug-likeness (QED) is 0.454. The summed E-state index contributed by atoms with van der Waals surface area (Å²) in [6.45, 7) is 2.66. The van der Waals surface area contributed by atoms with Crippen LogP contribution in [0.25, 0.3) is 0 Å². The third-order valence-corrected chi connectivity index (χ3v) is 4.48. The van der Waals surface area contributed by atoms with Gasteiger partial charge in [-0.05, 0) is 36.8 Å². The minimum atomic E-state index is -0.758. The maximum atomic E-state index is 10.9. The molecule has 1 saturated heterocycles. The number of benzene rings is 1. The third kappa shape index (κ3) is 3.34. The lowest BCUT2D eigenvalue weighted by molar-refractivity contribution is 0.0427. The molecule has 1 unspecified atom stereocenters. The van der Waals surface area contributed by atoms with Gasteiger partial charge in [0.15, 0.2) is 5.96 Å². The van der Waals surface area contributed by atoms with E-state index in [0.717, 1.165) is 37.5 Å². The average Bonchev–Trinajstić information content (AvgIpc) is 3.10. The van der Waals surface area contributed by atoms with Gasteiger partial charge in [-0.2, -0.15) is 0 Å². The fourth-order valence-electron chi connectivity index (χ4n) is 3.34. The molecule has 0 aromatic heterocycles. The molecule has 21 heavy (non-hydrogen) atoms. The first kappa shape index (κ1) is 16.5. The van der Waals surface area contributed by atoms with Gasteiger partial charge in [-0.25, -0.2) is 0 Å². The number of aryl methyl sites for hydroxylation is 1. The van der Waals surface area contributed by atoms with Crippen LogP contribution >= 0.6 is 24.0 Å². The Morgan fingerprint density at radius 3 is 2.76 bits per heavy atom. The van der Waals surface area contributed by atoms with Crippen LogP contribution in [0.4, 0.5) is 0 Å². The molecule has 116 valence electrons. The Balaban J connectivity index is 0.00000161. The summed E-state index contributed by atoms with van der Waals surface area (Å²) in [4.78, 5) is 6.61. The largest absolute Gasteiger partial charge is 0.383 e. The molecule has 4 nitrogen and oxygen atoms in total. The standard InChI is InChI=1S/C16H23N3O.HI/c1-17-15(19-10-4-5-11-19)18-12-16(20)9-8-13-6-2-3-7-14(13)16;/h2-3,6-7,20H,4-5,8-12H2,1H3,(H,17,18);1H. The van der Waals surface area contributed by atoms with E-state index in [1.54, 1.807) is 0 Å². The molecule has 1 atom stereocenters. The highest BCUT2D eigenvalue weighted by molar-refractivity contribution is 14.0. The van der Waals surface area contributed by atoms with Gasteiger partial charge in [0.05, 0.1) is 6.54 Å². The summed E-state index contributed by atoms with van der Waals surface area (Å²) in [6.07, 6.45) is 4.20. The Morgan fingerprint density at radius 1 is 1.33 bits per heavy atom. The average molecular weight is 401 g/mol. The molecule has 1 heterocycles. The van der Waals surface area contributed by atoms with Gasteiger partial charge in [0.2, 0.25) is 0 Å². The first-order valence-corrected chi connectivity index (χ1v) is 7.49. The van der Waals surface area contributed by atoms with Crippen molar-refractivity contribution < 1.29 is 5.11 Å². The predicted molar refractivity (Wildman–Crippen MR) is 96.2 cm³/mol. The van der Waals surface area contributed by atoms with Gasteiger partial charge in [-0.15, -0.1) is 24.0 Å². The van der Waals surface area contributed by atoms with E-state index in [4.69, 9.17) is 0 Å². The van der Waals surface area contributed by atoms with Gasteiger partial charge >= 0.3 is 0 Å². The van der Waals surface area contributed by atoms with E-state index in [1.165, 1.54) is 18.4 Å². The zero-order chi connectivity index (χ0) is 14.0. The van der Waals surface area contributed by atoms with E-state index < -0.39 is 5.60 Å². The highest BCUT2D eigenvalue weighted by Gasteiger charge is 2.36. The van der Waals surface area contributed by atoms with E-state index in [-0.39, 0.29) is 24.0 Å². The van der Waals surface area contributed by atoms with Crippen LogP contribution in [-0.2, 0) is 12.0 Å². The number of hydrogen-bond acceptors (Lipinski definition) is 2. The fourth-order valence-corrected chi connectivity index (χ4v) is 3.34. The topological polar surface area (TPSA) is 47.9 Å². The second-order valence-electron chi connectivity index (χ2n) is 5.78. The summed E-state index contributed by atoms with van der Waals surface area (Å²) in [5.74, 6) is 0.917. The highest BCUT2D eigenvalue weighted by atomic mass is 127. The van der Waals surface area contributed by atoms with Crippen molar-refractivity contribution in [3.05, 3.63) is 35.4 Å². The molecule has 0 saturated carbocycles. The Labute approximate surface area is 143 Å². The van der Waals surface area contributed by atoms with Gasteiger partial charge in [0.25, 0.3) is 0 Å². The van der Waals surface area contributed by atoms with Gasteiger partial charge in [0.1, 0.15) is 5.60 Å². The van der Waals surface area contributed by atoms with Crippen molar-refractivity contribution in [3.63, 3.8) is 0 Å². The maximum absolute atomic E-state index is 10.9. The fraction of sp³-hybridized carbons (Fsp3) is 0.562. The van der Waals surface area contributed by atoms with Gasteiger partial charge in [-0.3, -0.25) is 4.99 Å². The summed E-state index contributed by atoms with van der Waals surface area (Å²) >= 11 is 0. The van der Waals surface area contributed by atoms with E-state index >= 15 is 0 Å². The number of guanidine groups is 1. The number of likely N-dealkylation sites (tertiary alicyclic amines) is 1. The number of rotatable bonds is 2.